The summed E-state index contributed by atoms with van der Waals surface area (Å²) in [5.41, 5.74) is 2.18. The molecule has 0 spiro atoms. The molecule has 0 aromatic carbocycles. The molecule has 2 heterocycles. The lowest BCUT2D eigenvalue weighted by atomic mass is 10.1. The molecule has 3 rings (SSSR count). The Morgan fingerprint density at radius 3 is 2.54 bits per heavy atom. The zero-order chi connectivity index (χ0) is 20.3. The molecular formula is C20H33N3O3S2. The minimum Gasteiger partial charge on any atom is -0.335 e. The molecule has 2 aliphatic rings. The number of imidazole rings is 1. The van der Waals surface area contributed by atoms with E-state index in [1.54, 1.807) is 0 Å². The van der Waals surface area contributed by atoms with E-state index in [4.69, 9.17) is 0 Å². The zero-order valence-electron chi connectivity index (χ0n) is 17.3. The Labute approximate surface area is 173 Å². The highest BCUT2D eigenvalue weighted by molar-refractivity contribution is 7.99. The molecule has 158 valence electrons. The number of thioether (sulfide) groups is 1. The van der Waals surface area contributed by atoms with Gasteiger partial charge in [-0.2, -0.15) is 0 Å². The van der Waals surface area contributed by atoms with Crippen LogP contribution in [0.2, 0.25) is 0 Å². The molecule has 0 N–H and O–H groups in total. The molecule has 1 atom stereocenters. The van der Waals surface area contributed by atoms with Gasteiger partial charge in [0.1, 0.15) is 0 Å². The molecule has 28 heavy (non-hydrogen) atoms. The first-order valence-corrected chi connectivity index (χ1v) is 13.3. The molecule has 1 aromatic rings. The second kappa shape index (κ2) is 9.20. The third-order valence-electron chi connectivity index (χ3n) is 6.09. The molecule has 1 aliphatic carbocycles. The fourth-order valence-corrected chi connectivity index (χ4v) is 7.10. The van der Waals surface area contributed by atoms with Crippen LogP contribution in [0, 0.1) is 13.8 Å². The quantitative estimate of drug-likeness (QED) is 0.595. The number of aryl methyl sites for hydroxylation is 1. The molecule has 1 saturated carbocycles. The maximum Gasteiger partial charge on any atom is 0.233 e. The Morgan fingerprint density at radius 2 is 1.93 bits per heavy atom. The van der Waals surface area contributed by atoms with Crippen molar-refractivity contribution in [3.8, 4) is 0 Å². The number of aromatic nitrogens is 2. The summed E-state index contributed by atoms with van der Waals surface area (Å²) in [5.74, 6) is 0.735. The summed E-state index contributed by atoms with van der Waals surface area (Å²) < 4.78 is 26.2. The number of rotatable bonds is 8. The first kappa shape index (κ1) is 21.7. The average molecular weight is 428 g/mol. The summed E-state index contributed by atoms with van der Waals surface area (Å²) >= 11 is 1.50. The van der Waals surface area contributed by atoms with Gasteiger partial charge in [-0.15, -0.1) is 0 Å². The summed E-state index contributed by atoms with van der Waals surface area (Å²) in [6.07, 6.45) is 7.03. The van der Waals surface area contributed by atoms with Gasteiger partial charge in [0.2, 0.25) is 5.91 Å². The Bertz CT molecular complexity index is 798. The first-order chi connectivity index (χ1) is 13.3. The lowest BCUT2D eigenvalue weighted by Crippen LogP contribution is -2.47. The largest absolute Gasteiger partial charge is 0.335 e. The maximum atomic E-state index is 13.2. The number of hydrogen-bond acceptors (Lipinski definition) is 5. The molecule has 2 fully saturated rings. The topological polar surface area (TPSA) is 72.3 Å². The minimum absolute atomic E-state index is 0.0688. The number of hydrogen-bond donors (Lipinski definition) is 0. The van der Waals surface area contributed by atoms with E-state index >= 15 is 0 Å². The van der Waals surface area contributed by atoms with Crippen LogP contribution < -0.4 is 0 Å². The molecule has 0 bridgehead atoms. The van der Waals surface area contributed by atoms with Crippen molar-refractivity contribution < 1.29 is 13.2 Å². The third-order valence-corrected chi connectivity index (χ3v) is 8.80. The van der Waals surface area contributed by atoms with Gasteiger partial charge >= 0.3 is 0 Å². The van der Waals surface area contributed by atoms with Crippen molar-refractivity contribution in [3.05, 3.63) is 11.4 Å². The lowest BCUT2D eigenvalue weighted by Gasteiger charge is -2.34. The van der Waals surface area contributed by atoms with E-state index in [1.807, 2.05) is 11.8 Å². The minimum atomic E-state index is -3.01. The van der Waals surface area contributed by atoms with Gasteiger partial charge in [0.05, 0.1) is 23.0 Å². The predicted molar refractivity (Wildman–Crippen MR) is 113 cm³/mol. The summed E-state index contributed by atoms with van der Waals surface area (Å²) in [4.78, 5) is 19.8. The smallest absolute Gasteiger partial charge is 0.233 e. The molecule has 1 unspecified atom stereocenters. The highest BCUT2D eigenvalue weighted by atomic mass is 32.2. The van der Waals surface area contributed by atoms with E-state index in [0.29, 0.717) is 12.2 Å². The SMILES string of the molecule is CCCCn1c(SCC(=O)N(C2CCCC2)C2CCS(=O)(=O)C2)nc(C)c1C. The van der Waals surface area contributed by atoms with Crippen molar-refractivity contribution in [2.24, 2.45) is 0 Å². The number of sulfone groups is 1. The molecule has 6 nitrogen and oxygen atoms in total. The molecule has 1 aliphatic heterocycles. The van der Waals surface area contributed by atoms with E-state index in [1.165, 1.54) is 11.8 Å². The maximum absolute atomic E-state index is 13.2. The van der Waals surface area contributed by atoms with Crippen LogP contribution in [0.25, 0.3) is 0 Å². The van der Waals surface area contributed by atoms with Gasteiger partial charge in [-0.05, 0) is 39.5 Å². The molecule has 1 amide bonds. The van der Waals surface area contributed by atoms with E-state index in [0.717, 1.165) is 61.6 Å². The normalized spacial score (nSPS) is 22.0. The van der Waals surface area contributed by atoms with Crippen LogP contribution in [0.3, 0.4) is 0 Å². The van der Waals surface area contributed by atoms with Gasteiger partial charge < -0.3 is 9.47 Å². The number of amides is 1. The Balaban J connectivity index is 1.71. The van der Waals surface area contributed by atoms with Gasteiger partial charge in [-0.1, -0.05) is 37.9 Å². The zero-order valence-corrected chi connectivity index (χ0v) is 18.9. The van der Waals surface area contributed by atoms with E-state index in [9.17, 15) is 13.2 Å². The van der Waals surface area contributed by atoms with E-state index in [-0.39, 0.29) is 29.5 Å². The molecule has 8 heteroatoms. The molecule has 0 radical (unpaired) electrons. The van der Waals surface area contributed by atoms with Crippen LogP contribution in [-0.4, -0.2) is 58.1 Å². The second-order valence-electron chi connectivity index (χ2n) is 8.16. The van der Waals surface area contributed by atoms with Crippen LogP contribution in [0.15, 0.2) is 5.16 Å². The number of nitrogens with zero attached hydrogens (tertiary/aromatic N) is 3. The highest BCUT2D eigenvalue weighted by Gasteiger charge is 2.39. The number of carbonyl (C=O) groups is 1. The molecular weight excluding hydrogens is 394 g/mol. The Morgan fingerprint density at radius 1 is 1.21 bits per heavy atom. The van der Waals surface area contributed by atoms with Gasteiger partial charge in [0.25, 0.3) is 0 Å². The summed E-state index contributed by atoms with van der Waals surface area (Å²) in [6.45, 7) is 7.19. The van der Waals surface area contributed by atoms with Gasteiger partial charge in [0.15, 0.2) is 15.0 Å². The number of unbranched alkanes of at least 4 members (excludes halogenated alkanes) is 1. The summed E-state index contributed by atoms with van der Waals surface area (Å²) in [7, 11) is -3.01. The standard InChI is InChI=1S/C20H33N3O3S2/c1-4-5-11-22-16(3)15(2)21-20(22)27-13-19(24)23(17-8-6-7-9-17)18-10-12-28(25,26)14-18/h17-18H,4-14H2,1-3H3. The first-order valence-electron chi connectivity index (χ1n) is 10.5. The Hall–Kier alpha value is -1.02. The van der Waals surface area contributed by atoms with Crippen LogP contribution in [0.1, 0.15) is 63.3 Å². The molecule has 1 saturated heterocycles. The van der Waals surface area contributed by atoms with Gasteiger partial charge in [-0.25, -0.2) is 13.4 Å². The predicted octanol–water partition coefficient (Wildman–Crippen LogP) is 3.35. The van der Waals surface area contributed by atoms with Crippen molar-refractivity contribution in [1.82, 2.24) is 14.5 Å². The van der Waals surface area contributed by atoms with Gasteiger partial charge in [-0.3, -0.25) is 4.79 Å². The monoisotopic (exact) mass is 427 g/mol. The van der Waals surface area contributed by atoms with Crippen LogP contribution >= 0.6 is 11.8 Å². The second-order valence-corrected chi connectivity index (χ2v) is 11.3. The van der Waals surface area contributed by atoms with Crippen molar-refractivity contribution >= 4 is 27.5 Å². The fourth-order valence-electron chi connectivity index (χ4n) is 4.40. The molecule has 1 aromatic heterocycles. The van der Waals surface area contributed by atoms with Crippen molar-refractivity contribution in [3.63, 3.8) is 0 Å². The van der Waals surface area contributed by atoms with Crippen LogP contribution in [0.5, 0.6) is 0 Å². The average Bonchev–Trinajstić information content (AvgIpc) is 3.34. The summed E-state index contributed by atoms with van der Waals surface area (Å²) in [5, 5.41) is 0.905. The Kier molecular flexibility index (Phi) is 7.12. The van der Waals surface area contributed by atoms with Crippen LogP contribution in [-0.2, 0) is 21.2 Å². The third kappa shape index (κ3) is 4.93. The lowest BCUT2D eigenvalue weighted by molar-refractivity contribution is -0.132. The van der Waals surface area contributed by atoms with Gasteiger partial charge in [0, 0.05) is 24.3 Å². The highest BCUT2D eigenvalue weighted by Crippen LogP contribution is 2.31. The number of carbonyl (C=O) groups excluding carboxylic acids is 1. The summed E-state index contributed by atoms with van der Waals surface area (Å²) in [6, 6.07) is 0.0548. The van der Waals surface area contributed by atoms with Crippen molar-refractivity contribution in [1.29, 1.82) is 0 Å². The van der Waals surface area contributed by atoms with E-state index < -0.39 is 9.84 Å². The van der Waals surface area contributed by atoms with E-state index in [2.05, 4.69) is 23.4 Å². The van der Waals surface area contributed by atoms with Crippen LogP contribution in [0.4, 0.5) is 0 Å². The van der Waals surface area contributed by atoms with Crippen molar-refractivity contribution in [2.45, 2.75) is 89.5 Å². The van der Waals surface area contributed by atoms with Crippen molar-refractivity contribution in [2.75, 3.05) is 17.3 Å². The fraction of sp³-hybridized carbons (Fsp3) is 0.800.